The zero-order chi connectivity index (χ0) is 25.4. The van der Waals surface area contributed by atoms with Gasteiger partial charge in [-0.05, 0) is 42.5 Å². The number of hydrogen-bond acceptors (Lipinski definition) is 4. The Bertz CT molecular complexity index is 1660. The van der Waals surface area contributed by atoms with E-state index >= 15 is 0 Å². The van der Waals surface area contributed by atoms with Crippen molar-refractivity contribution in [2.45, 2.75) is 11.3 Å². The van der Waals surface area contributed by atoms with E-state index in [1.165, 1.54) is 22.8 Å². The molecule has 2 N–H and O–H groups in total. The lowest BCUT2D eigenvalue weighted by Gasteiger charge is -2.14. The number of amides is 1. The Balaban J connectivity index is 1.53. The van der Waals surface area contributed by atoms with Crippen LogP contribution in [0.2, 0.25) is 5.02 Å². The minimum atomic E-state index is -4.62. The molecule has 0 spiro atoms. The van der Waals surface area contributed by atoms with Crippen molar-refractivity contribution in [2.24, 2.45) is 0 Å². The third-order valence-corrected chi connectivity index (χ3v) is 6.61. The lowest BCUT2D eigenvalue weighted by Crippen LogP contribution is -2.23. The monoisotopic (exact) mass is 528 g/mol. The topological polar surface area (TPSA) is 79.8 Å². The Morgan fingerprint density at radius 3 is 2.47 bits per heavy atom. The molecule has 0 saturated heterocycles. The molecule has 0 aliphatic rings. The van der Waals surface area contributed by atoms with E-state index in [0.717, 1.165) is 28.7 Å². The number of rotatable bonds is 5. The van der Waals surface area contributed by atoms with E-state index in [1.54, 1.807) is 24.3 Å². The van der Waals surface area contributed by atoms with Crippen LogP contribution in [-0.4, -0.2) is 26.2 Å². The molecule has 3 aromatic carbocycles. The van der Waals surface area contributed by atoms with E-state index in [9.17, 15) is 22.8 Å². The fourth-order valence-electron chi connectivity index (χ4n) is 3.81. The first-order valence-electron chi connectivity index (χ1n) is 10.6. The number of nitrogens with zero attached hydrogens (tertiary/aromatic N) is 2. The van der Waals surface area contributed by atoms with Crippen molar-refractivity contribution in [3.05, 3.63) is 93.7 Å². The SMILES string of the molecule is O=C(CSc1nc2c([nH]c3ccccc32)c(=O)n1-c1ccc(Cl)cc1)Nc1ccccc1C(F)(F)F. The van der Waals surface area contributed by atoms with Crippen LogP contribution in [0.4, 0.5) is 18.9 Å². The van der Waals surface area contributed by atoms with Gasteiger partial charge in [-0.15, -0.1) is 0 Å². The van der Waals surface area contributed by atoms with E-state index in [1.807, 2.05) is 24.3 Å². The molecule has 0 saturated carbocycles. The van der Waals surface area contributed by atoms with E-state index in [-0.39, 0.29) is 22.2 Å². The molecule has 0 aliphatic heterocycles. The van der Waals surface area contributed by atoms with E-state index < -0.39 is 17.6 Å². The molecular weight excluding hydrogens is 513 g/mol. The zero-order valence-corrected chi connectivity index (χ0v) is 19.8. The van der Waals surface area contributed by atoms with Crippen LogP contribution in [0.5, 0.6) is 0 Å². The van der Waals surface area contributed by atoms with Crippen molar-refractivity contribution in [3.63, 3.8) is 0 Å². The molecule has 182 valence electrons. The number of alkyl halides is 3. The number of halogens is 4. The third-order valence-electron chi connectivity index (χ3n) is 5.42. The number of benzene rings is 3. The lowest BCUT2D eigenvalue weighted by molar-refractivity contribution is -0.137. The highest BCUT2D eigenvalue weighted by molar-refractivity contribution is 7.99. The van der Waals surface area contributed by atoms with Gasteiger partial charge in [-0.1, -0.05) is 53.7 Å². The van der Waals surface area contributed by atoms with Crippen LogP contribution in [0, 0.1) is 0 Å². The summed E-state index contributed by atoms with van der Waals surface area (Å²) in [6.07, 6.45) is -4.62. The summed E-state index contributed by atoms with van der Waals surface area (Å²) in [6, 6.07) is 18.5. The highest BCUT2D eigenvalue weighted by Crippen LogP contribution is 2.35. The number of fused-ring (bicyclic) bond motifs is 3. The maximum atomic E-state index is 13.5. The summed E-state index contributed by atoms with van der Waals surface area (Å²) >= 11 is 6.94. The Labute approximate surface area is 211 Å². The number of para-hydroxylation sites is 2. The van der Waals surface area contributed by atoms with Gasteiger partial charge in [0.15, 0.2) is 5.16 Å². The number of nitrogens with one attached hydrogen (secondary N) is 2. The number of H-pyrrole nitrogens is 1. The average Bonchev–Trinajstić information content (AvgIpc) is 3.22. The molecule has 2 aromatic heterocycles. The standard InChI is InChI=1S/C25H16ClF3N4O2S/c26-14-9-11-15(12-10-14)33-23(35)22-21(16-5-1-3-7-18(16)31-22)32-24(33)36-13-20(34)30-19-8-4-2-6-17(19)25(27,28)29/h1-12,31H,13H2,(H,30,34). The molecule has 36 heavy (non-hydrogen) atoms. The molecule has 2 heterocycles. The predicted molar refractivity (Wildman–Crippen MR) is 135 cm³/mol. The molecule has 0 bridgehead atoms. The highest BCUT2D eigenvalue weighted by Gasteiger charge is 2.33. The van der Waals surface area contributed by atoms with E-state index in [0.29, 0.717) is 21.7 Å². The molecule has 0 fully saturated rings. The zero-order valence-electron chi connectivity index (χ0n) is 18.3. The second-order valence-electron chi connectivity index (χ2n) is 7.79. The molecule has 5 rings (SSSR count). The first kappa shape index (κ1) is 24.0. The number of aromatic nitrogens is 3. The van der Waals surface area contributed by atoms with Gasteiger partial charge in [0.1, 0.15) is 11.0 Å². The number of thioether (sulfide) groups is 1. The highest BCUT2D eigenvalue weighted by atomic mass is 35.5. The molecule has 1 amide bonds. The van der Waals surface area contributed by atoms with Crippen molar-refractivity contribution in [3.8, 4) is 5.69 Å². The van der Waals surface area contributed by atoms with Gasteiger partial charge in [-0.2, -0.15) is 13.2 Å². The van der Waals surface area contributed by atoms with Crippen LogP contribution in [0.15, 0.2) is 82.7 Å². The average molecular weight is 529 g/mol. The Kier molecular flexibility index (Phi) is 6.23. The number of hydrogen-bond donors (Lipinski definition) is 2. The van der Waals surface area contributed by atoms with Crippen molar-refractivity contribution in [1.29, 1.82) is 0 Å². The molecule has 0 atom stereocenters. The second kappa shape index (κ2) is 9.36. The molecule has 6 nitrogen and oxygen atoms in total. The number of aromatic amines is 1. The summed E-state index contributed by atoms with van der Waals surface area (Å²) in [6.45, 7) is 0. The van der Waals surface area contributed by atoms with Crippen molar-refractivity contribution < 1.29 is 18.0 Å². The molecule has 11 heteroatoms. The van der Waals surface area contributed by atoms with Crippen molar-refractivity contribution in [1.82, 2.24) is 14.5 Å². The van der Waals surface area contributed by atoms with Crippen LogP contribution in [0.25, 0.3) is 27.6 Å². The Hall–Kier alpha value is -3.76. The summed E-state index contributed by atoms with van der Waals surface area (Å²) in [5.74, 6) is -0.951. The van der Waals surface area contributed by atoms with Gasteiger partial charge >= 0.3 is 6.18 Å². The first-order valence-corrected chi connectivity index (χ1v) is 12.0. The van der Waals surface area contributed by atoms with Crippen LogP contribution in [0.3, 0.4) is 0 Å². The van der Waals surface area contributed by atoms with Gasteiger partial charge in [0, 0.05) is 15.9 Å². The van der Waals surface area contributed by atoms with E-state index in [4.69, 9.17) is 11.6 Å². The maximum absolute atomic E-state index is 13.5. The van der Waals surface area contributed by atoms with Gasteiger partial charge in [-0.3, -0.25) is 14.2 Å². The van der Waals surface area contributed by atoms with Crippen LogP contribution in [-0.2, 0) is 11.0 Å². The summed E-state index contributed by atoms with van der Waals surface area (Å²) in [5, 5.41) is 3.73. The Morgan fingerprint density at radius 2 is 1.72 bits per heavy atom. The summed E-state index contributed by atoms with van der Waals surface area (Å²) in [7, 11) is 0. The van der Waals surface area contributed by atoms with Crippen LogP contribution in [0.1, 0.15) is 5.56 Å². The molecule has 0 radical (unpaired) electrons. The molecular formula is C25H16ClF3N4O2S. The fourth-order valence-corrected chi connectivity index (χ4v) is 4.74. The summed E-state index contributed by atoms with van der Waals surface area (Å²) in [5.41, 5.74) is 0.255. The van der Waals surface area contributed by atoms with Crippen molar-refractivity contribution >= 4 is 56.9 Å². The number of carbonyl (C=O) groups is 1. The van der Waals surface area contributed by atoms with E-state index in [2.05, 4.69) is 15.3 Å². The number of carbonyl (C=O) groups excluding carboxylic acids is 1. The second-order valence-corrected chi connectivity index (χ2v) is 9.16. The summed E-state index contributed by atoms with van der Waals surface area (Å²) < 4.78 is 41.2. The Morgan fingerprint density at radius 1 is 1.03 bits per heavy atom. The minimum Gasteiger partial charge on any atom is -0.349 e. The van der Waals surface area contributed by atoms with Gasteiger partial charge in [-0.25, -0.2) is 4.98 Å². The molecule has 0 unspecified atom stereocenters. The van der Waals surface area contributed by atoms with Crippen LogP contribution >= 0.6 is 23.4 Å². The third kappa shape index (κ3) is 4.57. The van der Waals surface area contributed by atoms with Gasteiger partial charge in [0.05, 0.1) is 22.7 Å². The van der Waals surface area contributed by atoms with Gasteiger partial charge < -0.3 is 10.3 Å². The van der Waals surface area contributed by atoms with Crippen LogP contribution < -0.4 is 10.9 Å². The molecule has 0 aliphatic carbocycles. The first-order chi connectivity index (χ1) is 17.2. The molecule has 5 aromatic rings. The number of anilines is 1. The minimum absolute atomic E-state index is 0.207. The lowest BCUT2D eigenvalue weighted by atomic mass is 10.1. The fraction of sp³-hybridized carbons (Fsp3) is 0.0800. The van der Waals surface area contributed by atoms with Gasteiger partial charge in [0.2, 0.25) is 5.91 Å². The van der Waals surface area contributed by atoms with Gasteiger partial charge in [0.25, 0.3) is 5.56 Å². The normalized spacial score (nSPS) is 11.8. The smallest absolute Gasteiger partial charge is 0.349 e. The largest absolute Gasteiger partial charge is 0.418 e. The summed E-state index contributed by atoms with van der Waals surface area (Å²) in [4.78, 5) is 33.9. The van der Waals surface area contributed by atoms with Crippen molar-refractivity contribution in [2.75, 3.05) is 11.1 Å². The quantitative estimate of drug-likeness (QED) is 0.208. The maximum Gasteiger partial charge on any atom is 0.418 e. The predicted octanol–water partition coefficient (Wildman–Crippen LogP) is 6.27.